The molecule has 0 atom stereocenters. The van der Waals surface area contributed by atoms with E-state index in [2.05, 4.69) is 15.3 Å². The van der Waals surface area contributed by atoms with Gasteiger partial charge < -0.3 is 14.2 Å². The van der Waals surface area contributed by atoms with Crippen molar-refractivity contribution in [1.29, 1.82) is 0 Å². The quantitative estimate of drug-likeness (QED) is 0.495. The standard InChI is InChI=1S/C21H13N3O4/c25-20(22-12-7-8-19-16(10-12)24-21(26)28-19)14-11-17(18-6-3-9-27-18)23-15-5-2-1-4-13(14)15/h1-11H,(H,22,25)(H,24,26). The Kier molecular flexibility index (Phi) is 3.58. The lowest BCUT2D eigenvalue weighted by Crippen LogP contribution is -2.13. The first kappa shape index (κ1) is 16.1. The summed E-state index contributed by atoms with van der Waals surface area (Å²) in [6, 6.07) is 17.6. The van der Waals surface area contributed by atoms with E-state index in [-0.39, 0.29) is 5.91 Å². The van der Waals surface area contributed by atoms with Gasteiger partial charge in [0.25, 0.3) is 5.91 Å². The number of oxazole rings is 1. The second-order valence-corrected chi connectivity index (χ2v) is 6.23. The molecule has 0 fully saturated rings. The van der Waals surface area contributed by atoms with Gasteiger partial charge in [-0.1, -0.05) is 18.2 Å². The molecule has 5 aromatic rings. The summed E-state index contributed by atoms with van der Waals surface area (Å²) in [6.45, 7) is 0. The molecule has 3 heterocycles. The molecule has 0 saturated carbocycles. The van der Waals surface area contributed by atoms with Crippen LogP contribution in [0.3, 0.4) is 0 Å². The third-order valence-electron chi connectivity index (χ3n) is 4.41. The molecular formula is C21H13N3O4. The number of nitrogens with one attached hydrogen (secondary N) is 2. The number of pyridine rings is 1. The van der Waals surface area contributed by atoms with E-state index in [0.717, 1.165) is 5.39 Å². The van der Waals surface area contributed by atoms with Gasteiger partial charge in [-0.25, -0.2) is 9.78 Å². The zero-order chi connectivity index (χ0) is 19.1. The van der Waals surface area contributed by atoms with Crippen molar-refractivity contribution in [3.05, 3.63) is 83.0 Å². The summed E-state index contributed by atoms with van der Waals surface area (Å²) >= 11 is 0. The highest BCUT2D eigenvalue weighted by atomic mass is 16.4. The first-order valence-electron chi connectivity index (χ1n) is 8.55. The fraction of sp³-hybridized carbons (Fsp3) is 0. The number of aromatic nitrogens is 2. The summed E-state index contributed by atoms with van der Waals surface area (Å²) in [5.41, 5.74) is 3.21. The summed E-state index contributed by atoms with van der Waals surface area (Å²) < 4.78 is 10.4. The second-order valence-electron chi connectivity index (χ2n) is 6.23. The molecule has 7 heteroatoms. The largest absolute Gasteiger partial charge is 0.463 e. The number of aromatic amines is 1. The average Bonchev–Trinajstić information content (AvgIpc) is 3.35. The van der Waals surface area contributed by atoms with E-state index in [0.29, 0.717) is 39.3 Å². The lowest BCUT2D eigenvalue weighted by atomic mass is 10.1. The Morgan fingerprint density at radius 2 is 1.93 bits per heavy atom. The molecular weight excluding hydrogens is 358 g/mol. The Bertz CT molecular complexity index is 1380. The summed E-state index contributed by atoms with van der Waals surface area (Å²) in [7, 11) is 0. The molecule has 0 saturated heterocycles. The molecule has 0 aliphatic rings. The molecule has 0 aliphatic heterocycles. The molecule has 3 aromatic heterocycles. The van der Waals surface area contributed by atoms with Crippen LogP contribution in [-0.2, 0) is 0 Å². The van der Waals surface area contributed by atoms with Crippen molar-refractivity contribution in [2.45, 2.75) is 0 Å². The molecule has 2 aromatic carbocycles. The molecule has 0 spiro atoms. The van der Waals surface area contributed by atoms with Gasteiger partial charge in [0.1, 0.15) is 5.69 Å². The van der Waals surface area contributed by atoms with Gasteiger partial charge in [0, 0.05) is 11.1 Å². The van der Waals surface area contributed by atoms with Gasteiger partial charge in [0.15, 0.2) is 11.3 Å². The minimum atomic E-state index is -0.540. The molecule has 5 rings (SSSR count). The van der Waals surface area contributed by atoms with Crippen LogP contribution in [-0.4, -0.2) is 15.9 Å². The van der Waals surface area contributed by atoms with Crippen LogP contribution in [0.4, 0.5) is 5.69 Å². The van der Waals surface area contributed by atoms with Crippen LogP contribution in [0.1, 0.15) is 10.4 Å². The number of para-hydroxylation sites is 1. The molecule has 136 valence electrons. The average molecular weight is 371 g/mol. The maximum atomic E-state index is 13.0. The number of fused-ring (bicyclic) bond motifs is 2. The number of hydrogen-bond acceptors (Lipinski definition) is 5. The van der Waals surface area contributed by atoms with Crippen molar-refractivity contribution < 1.29 is 13.6 Å². The smallest absolute Gasteiger partial charge is 0.417 e. The van der Waals surface area contributed by atoms with Gasteiger partial charge in [0.2, 0.25) is 0 Å². The predicted octanol–water partition coefficient (Wildman–Crippen LogP) is 4.18. The monoisotopic (exact) mass is 371 g/mol. The number of H-pyrrole nitrogens is 1. The van der Waals surface area contributed by atoms with E-state index < -0.39 is 5.76 Å². The minimum Gasteiger partial charge on any atom is -0.463 e. The third-order valence-corrected chi connectivity index (χ3v) is 4.41. The number of nitrogens with zero attached hydrogens (tertiary/aromatic N) is 1. The Morgan fingerprint density at radius 3 is 2.79 bits per heavy atom. The number of anilines is 1. The van der Waals surface area contributed by atoms with Crippen LogP contribution >= 0.6 is 0 Å². The lowest BCUT2D eigenvalue weighted by molar-refractivity contribution is 0.102. The number of benzene rings is 2. The zero-order valence-corrected chi connectivity index (χ0v) is 14.4. The van der Waals surface area contributed by atoms with Crippen molar-refractivity contribution in [1.82, 2.24) is 9.97 Å². The number of hydrogen-bond donors (Lipinski definition) is 2. The van der Waals surface area contributed by atoms with Crippen LogP contribution in [0.5, 0.6) is 0 Å². The normalized spacial score (nSPS) is 11.1. The Balaban J connectivity index is 1.58. The topological polar surface area (TPSA) is 101 Å². The van der Waals surface area contributed by atoms with Crippen LogP contribution < -0.4 is 11.1 Å². The van der Waals surface area contributed by atoms with E-state index >= 15 is 0 Å². The number of rotatable bonds is 3. The number of carbonyl (C=O) groups is 1. The van der Waals surface area contributed by atoms with Gasteiger partial charge in [-0.3, -0.25) is 9.78 Å². The van der Waals surface area contributed by atoms with Gasteiger partial charge in [-0.05, 0) is 42.5 Å². The van der Waals surface area contributed by atoms with Crippen molar-refractivity contribution in [3.63, 3.8) is 0 Å². The maximum Gasteiger partial charge on any atom is 0.417 e. The van der Waals surface area contributed by atoms with E-state index in [9.17, 15) is 9.59 Å². The second kappa shape index (κ2) is 6.24. The lowest BCUT2D eigenvalue weighted by Gasteiger charge is -2.10. The Morgan fingerprint density at radius 1 is 1.04 bits per heavy atom. The highest BCUT2D eigenvalue weighted by molar-refractivity contribution is 6.13. The van der Waals surface area contributed by atoms with Gasteiger partial charge in [-0.2, -0.15) is 0 Å². The fourth-order valence-electron chi connectivity index (χ4n) is 3.14. The van der Waals surface area contributed by atoms with Crippen molar-refractivity contribution >= 4 is 33.6 Å². The molecule has 0 unspecified atom stereocenters. The predicted molar refractivity (Wildman–Crippen MR) is 104 cm³/mol. The summed E-state index contributed by atoms with van der Waals surface area (Å²) in [5.74, 6) is -0.254. The maximum absolute atomic E-state index is 13.0. The van der Waals surface area contributed by atoms with Gasteiger partial charge >= 0.3 is 5.76 Å². The van der Waals surface area contributed by atoms with E-state index in [1.165, 1.54) is 0 Å². The highest BCUT2D eigenvalue weighted by Gasteiger charge is 2.15. The van der Waals surface area contributed by atoms with Crippen molar-refractivity contribution in [3.8, 4) is 11.5 Å². The third kappa shape index (κ3) is 2.75. The first-order chi connectivity index (χ1) is 13.7. The van der Waals surface area contributed by atoms with E-state index in [1.54, 1.807) is 42.7 Å². The Hall–Kier alpha value is -4.13. The number of carbonyl (C=O) groups excluding carboxylic acids is 1. The first-order valence-corrected chi connectivity index (χ1v) is 8.55. The molecule has 0 bridgehead atoms. The fourth-order valence-corrected chi connectivity index (χ4v) is 3.14. The highest BCUT2D eigenvalue weighted by Crippen LogP contribution is 2.26. The van der Waals surface area contributed by atoms with Crippen LogP contribution in [0.25, 0.3) is 33.5 Å². The number of amides is 1. The van der Waals surface area contributed by atoms with Crippen molar-refractivity contribution in [2.75, 3.05) is 5.32 Å². The Labute approximate surface area is 157 Å². The van der Waals surface area contributed by atoms with Crippen LogP contribution in [0.2, 0.25) is 0 Å². The SMILES string of the molecule is O=C(Nc1ccc2oc(=O)[nH]c2c1)c1cc(-c2ccco2)nc2ccccc12. The summed E-state index contributed by atoms with van der Waals surface area (Å²) in [5, 5.41) is 3.59. The molecule has 0 radical (unpaired) electrons. The molecule has 1 amide bonds. The van der Waals surface area contributed by atoms with E-state index in [4.69, 9.17) is 8.83 Å². The zero-order valence-electron chi connectivity index (χ0n) is 14.4. The molecule has 7 nitrogen and oxygen atoms in total. The van der Waals surface area contributed by atoms with Crippen molar-refractivity contribution in [2.24, 2.45) is 0 Å². The molecule has 2 N–H and O–H groups in total. The number of furan rings is 1. The minimum absolute atomic E-state index is 0.295. The van der Waals surface area contributed by atoms with Crippen LogP contribution in [0, 0.1) is 0 Å². The summed E-state index contributed by atoms with van der Waals surface area (Å²) in [4.78, 5) is 31.5. The molecule has 0 aliphatic carbocycles. The molecule has 28 heavy (non-hydrogen) atoms. The van der Waals surface area contributed by atoms with Crippen LogP contribution in [0.15, 0.2) is 80.6 Å². The van der Waals surface area contributed by atoms with Gasteiger partial charge in [-0.15, -0.1) is 0 Å². The van der Waals surface area contributed by atoms with Gasteiger partial charge in [0.05, 0.1) is 22.9 Å². The van der Waals surface area contributed by atoms with E-state index in [1.807, 2.05) is 24.3 Å². The summed E-state index contributed by atoms with van der Waals surface area (Å²) in [6.07, 6.45) is 1.56.